The first-order valence-corrected chi connectivity index (χ1v) is 11.6. The quantitative estimate of drug-likeness (QED) is 0.422. The Balaban J connectivity index is 0.00000180. The van der Waals surface area contributed by atoms with Crippen LogP contribution in [-0.2, 0) is 6.54 Å². The van der Waals surface area contributed by atoms with Gasteiger partial charge in [-0.3, -0.25) is 9.78 Å². The van der Waals surface area contributed by atoms with Gasteiger partial charge in [0.25, 0.3) is 11.4 Å². The minimum Gasteiger partial charge on any atom is -0.415 e. The van der Waals surface area contributed by atoms with Crippen LogP contribution < -0.4 is 10.9 Å². The number of pyridine rings is 1. The topological polar surface area (TPSA) is 98.7 Å². The molecule has 3 aromatic heterocycles. The molecule has 1 fully saturated rings. The van der Waals surface area contributed by atoms with Crippen LogP contribution in [0.2, 0.25) is 0 Å². The first-order chi connectivity index (χ1) is 16.4. The Morgan fingerprint density at radius 1 is 1.18 bits per heavy atom. The third-order valence-electron chi connectivity index (χ3n) is 6.46. The fourth-order valence-electron chi connectivity index (χ4n) is 4.28. The lowest BCUT2D eigenvalue weighted by atomic mass is 10.1. The summed E-state index contributed by atoms with van der Waals surface area (Å²) in [6, 6.07) is 9.72. The van der Waals surface area contributed by atoms with Crippen molar-refractivity contribution >= 4 is 0 Å². The van der Waals surface area contributed by atoms with Crippen molar-refractivity contribution in [2.45, 2.75) is 46.2 Å². The second-order valence-electron chi connectivity index (χ2n) is 9.02. The second-order valence-corrected chi connectivity index (χ2v) is 9.02. The van der Waals surface area contributed by atoms with Gasteiger partial charge < -0.3 is 14.3 Å². The van der Waals surface area contributed by atoms with Crippen molar-refractivity contribution in [2.75, 3.05) is 7.05 Å². The van der Waals surface area contributed by atoms with E-state index in [0.29, 0.717) is 34.8 Å². The Morgan fingerprint density at radius 3 is 2.71 bits per heavy atom. The molecule has 1 aliphatic carbocycles. The highest BCUT2D eigenvalue weighted by Crippen LogP contribution is 2.39. The molecule has 0 amide bonds. The molecule has 1 aliphatic rings. The molecule has 1 N–H and O–H groups in total. The first-order valence-electron chi connectivity index (χ1n) is 11.6. The molecule has 5 rings (SSSR count). The van der Waals surface area contributed by atoms with Gasteiger partial charge in [-0.15, -0.1) is 10.2 Å². The predicted molar refractivity (Wildman–Crippen MR) is 134 cm³/mol. The number of hydrogen-bond acceptors (Lipinski definition) is 7. The second kappa shape index (κ2) is 8.95. The van der Waals surface area contributed by atoms with Crippen LogP contribution in [-0.4, -0.2) is 31.8 Å². The fourth-order valence-corrected chi connectivity index (χ4v) is 4.28. The van der Waals surface area contributed by atoms with Crippen LogP contribution in [0.4, 0.5) is 0 Å². The normalized spacial score (nSPS) is 14.4. The van der Waals surface area contributed by atoms with E-state index in [4.69, 9.17) is 9.40 Å². The molecular formula is C26H32N6O2. The van der Waals surface area contributed by atoms with Gasteiger partial charge in [0.05, 0.1) is 17.6 Å². The summed E-state index contributed by atoms with van der Waals surface area (Å²) in [4.78, 5) is 21.7. The maximum atomic E-state index is 12.4. The molecule has 34 heavy (non-hydrogen) atoms. The van der Waals surface area contributed by atoms with E-state index in [-0.39, 0.29) is 14.5 Å². The van der Waals surface area contributed by atoms with Crippen LogP contribution in [0.1, 0.15) is 45.5 Å². The smallest absolute Gasteiger partial charge is 0.268 e. The number of aryl methyl sites for hydroxylation is 2. The molecule has 1 atom stereocenters. The average molecular weight is 461 g/mol. The molecule has 1 unspecified atom stereocenters. The van der Waals surface area contributed by atoms with Gasteiger partial charge >= 0.3 is 0 Å². The molecular weight excluding hydrogens is 428 g/mol. The Labute approximate surface area is 201 Å². The van der Waals surface area contributed by atoms with Crippen LogP contribution in [0.15, 0.2) is 51.9 Å². The minimum atomic E-state index is 0. The Bertz CT molecular complexity index is 1410. The molecule has 0 bridgehead atoms. The number of benzene rings is 1. The van der Waals surface area contributed by atoms with E-state index >= 15 is 0 Å². The molecule has 4 aromatic rings. The van der Waals surface area contributed by atoms with Crippen molar-refractivity contribution in [1.82, 2.24) is 30.0 Å². The molecule has 3 heterocycles. The lowest BCUT2D eigenvalue weighted by Gasteiger charge is -2.15. The highest BCUT2D eigenvalue weighted by atomic mass is 16.4. The molecule has 0 saturated heterocycles. The Morgan fingerprint density at radius 2 is 1.97 bits per heavy atom. The molecule has 178 valence electrons. The van der Waals surface area contributed by atoms with Crippen LogP contribution in [0.25, 0.3) is 34.3 Å². The summed E-state index contributed by atoms with van der Waals surface area (Å²) >= 11 is 0. The standard InChI is InChI=1S/C26H28N6O2.2H2/c1-15-11-18(12-27-4)5-9-21(15)25-30-31-26(34-25)24-16(2)28-13-22(29-24)20-8-10-23(33)32(14-20)17(3)19-6-7-19;;/h5,8-11,13-14,17,19,27H,6-7,12H2,1-4H3;2*1H. The summed E-state index contributed by atoms with van der Waals surface area (Å²) in [7, 11) is 1.92. The number of aromatic nitrogens is 5. The van der Waals surface area contributed by atoms with Crippen molar-refractivity contribution in [2.24, 2.45) is 5.92 Å². The highest BCUT2D eigenvalue weighted by Gasteiger charge is 2.29. The molecule has 1 aromatic carbocycles. The van der Waals surface area contributed by atoms with Gasteiger partial charge in [0.15, 0.2) is 0 Å². The summed E-state index contributed by atoms with van der Waals surface area (Å²) in [5.74, 6) is 1.34. The number of hydrogen-bond donors (Lipinski definition) is 1. The van der Waals surface area contributed by atoms with Gasteiger partial charge in [-0.2, -0.15) is 0 Å². The maximum Gasteiger partial charge on any atom is 0.268 e. The molecule has 0 spiro atoms. The van der Waals surface area contributed by atoms with Crippen molar-refractivity contribution in [1.29, 1.82) is 0 Å². The summed E-state index contributed by atoms with van der Waals surface area (Å²) in [5.41, 5.74) is 5.86. The minimum absolute atomic E-state index is 0. The van der Waals surface area contributed by atoms with Crippen LogP contribution in [0, 0.1) is 19.8 Å². The molecule has 0 radical (unpaired) electrons. The Kier molecular flexibility index (Phi) is 5.83. The lowest BCUT2D eigenvalue weighted by molar-refractivity contribution is 0.472. The van der Waals surface area contributed by atoms with Crippen LogP contribution in [0.5, 0.6) is 0 Å². The van der Waals surface area contributed by atoms with E-state index in [9.17, 15) is 4.79 Å². The van der Waals surface area contributed by atoms with E-state index < -0.39 is 0 Å². The van der Waals surface area contributed by atoms with E-state index in [0.717, 1.165) is 23.2 Å². The number of rotatable bonds is 7. The Hall–Kier alpha value is -3.65. The molecule has 0 aliphatic heterocycles. The molecule has 8 heteroatoms. The predicted octanol–water partition coefficient (Wildman–Crippen LogP) is 4.82. The van der Waals surface area contributed by atoms with E-state index in [1.54, 1.807) is 22.9 Å². The third-order valence-corrected chi connectivity index (χ3v) is 6.46. The fraction of sp³-hybridized carbons (Fsp3) is 0.346. The SMILES string of the molecule is CNCc1ccc(-c2nnc(-c3nc(-c4ccc(=O)n(C(C)C5CC5)c4)cnc3C)o2)c(C)c1.[HH].[HH]. The van der Waals surface area contributed by atoms with Crippen LogP contribution >= 0.6 is 0 Å². The van der Waals surface area contributed by atoms with Crippen molar-refractivity contribution in [3.63, 3.8) is 0 Å². The highest BCUT2D eigenvalue weighted by molar-refractivity contribution is 5.64. The van der Waals surface area contributed by atoms with E-state index in [1.807, 2.05) is 39.2 Å². The molecule has 1 saturated carbocycles. The number of nitrogens with one attached hydrogen (secondary N) is 1. The summed E-state index contributed by atoms with van der Waals surface area (Å²) < 4.78 is 7.84. The third kappa shape index (κ3) is 4.28. The van der Waals surface area contributed by atoms with E-state index in [2.05, 4.69) is 33.5 Å². The maximum absolute atomic E-state index is 12.4. The van der Waals surface area contributed by atoms with Crippen LogP contribution in [0.3, 0.4) is 0 Å². The van der Waals surface area contributed by atoms with Crippen molar-refractivity contribution in [3.05, 3.63) is 69.9 Å². The van der Waals surface area contributed by atoms with Gasteiger partial charge in [0.2, 0.25) is 5.89 Å². The van der Waals surface area contributed by atoms with Crippen molar-refractivity contribution in [3.8, 4) is 34.3 Å². The van der Waals surface area contributed by atoms with Gasteiger partial charge in [0, 0.05) is 38.8 Å². The van der Waals surface area contributed by atoms with Gasteiger partial charge in [-0.25, -0.2) is 4.98 Å². The monoisotopic (exact) mass is 460 g/mol. The summed E-state index contributed by atoms with van der Waals surface area (Å²) in [6.45, 7) is 6.79. The van der Waals surface area contributed by atoms with Gasteiger partial charge in [0.1, 0.15) is 5.69 Å². The number of nitrogens with zero attached hydrogens (tertiary/aromatic N) is 5. The van der Waals surface area contributed by atoms with E-state index in [1.165, 1.54) is 18.4 Å². The van der Waals surface area contributed by atoms with Gasteiger partial charge in [-0.05, 0) is 69.8 Å². The molecule has 8 nitrogen and oxygen atoms in total. The average Bonchev–Trinajstić information content (AvgIpc) is 3.57. The summed E-state index contributed by atoms with van der Waals surface area (Å²) in [5, 5.41) is 11.7. The van der Waals surface area contributed by atoms with Gasteiger partial charge in [-0.1, -0.05) is 12.1 Å². The summed E-state index contributed by atoms with van der Waals surface area (Å²) in [6.07, 6.45) is 5.93. The zero-order valence-corrected chi connectivity index (χ0v) is 19.9. The largest absolute Gasteiger partial charge is 0.415 e. The lowest BCUT2D eigenvalue weighted by Crippen LogP contribution is -2.23. The zero-order chi connectivity index (χ0) is 23.8. The first kappa shape index (κ1) is 22.2. The van der Waals surface area contributed by atoms with Crippen molar-refractivity contribution < 1.29 is 7.27 Å². The zero-order valence-electron chi connectivity index (χ0n) is 19.9.